The lowest BCUT2D eigenvalue weighted by molar-refractivity contribution is -0.894. The Morgan fingerprint density at radius 1 is 0.683 bits per heavy atom. The zero-order valence-electron chi connectivity index (χ0n) is 35.9. The molecule has 1 fully saturated rings. The van der Waals surface area contributed by atoms with Crippen LogP contribution in [0.5, 0.6) is 0 Å². The quantitative estimate of drug-likeness (QED) is 0.0817. The fourth-order valence-electron chi connectivity index (χ4n) is 7.70. The SMILES string of the molecule is CC(=O)N[C@H]1[C@@H](OCc2ccccc2)O[C@H](COC(=O)c2ccccc2)[C@@H](OP(=O)([O-])OCC2c3ccccc3-c3ccccc32)[C@@H]1OC(=O)c1ccccc1.CC[NH+](CC)CC. The number of ether oxygens (including phenoxy) is 4. The lowest BCUT2D eigenvalue weighted by Gasteiger charge is -2.46. The van der Waals surface area contributed by atoms with Crippen LogP contribution in [0, 0.1) is 0 Å². The van der Waals surface area contributed by atoms with Crippen molar-refractivity contribution in [1.82, 2.24) is 5.32 Å². The highest BCUT2D eigenvalue weighted by molar-refractivity contribution is 7.45. The van der Waals surface area contributed by atoms with Crippen LogP contribution >= 0.6 is 7.82 Å². The molecule has 6 atom stereocenters. The van der Waals surface area contributed by atoms with Crippen LogP contribution in [0.1, 0.15) is 71.0 Å². The number of hydrogen-bond acceptors (Lipinski definition) is 11. The van der Waals surface area contributed by atoms with Crippen LogP contribution in [0.15, 0.2) is 140 Å². The second-order valence-corrected chi connectivity index (χ2v) is 16.5. The average Bonchev–Trinajstić information content (AvgIpc) is 3.63. The van der Waals surface area contributed by atoms with Crippen LogP contribution in [0.25, 0.3) is 11.1 Å². The second kappa shape index (κ2) is 22.7. The van der Waals surface area contributed by atoms with E-state index in [9.17, 15) is 23.8 Å². The van der Waals surface area contributed by atoms with Crippen LogP contribution in [0.4, 0.5) is 0 Å². The maximum Gasteiger partial charge on any atom is 0.338 e. The molecule has 5 aromatic rings. The lowest BCUT2D eigenvalue weighted by Crippen LogP contribution is -3.11. The molecule has 63 heavy (non-hydrogen) atoms. The molecule has 1 saturated heterocycles. The van der Waals surface area contributed by atoms with E-state index in [-0.39, 0.29) is 24.3 Å². The highest BCUT2D eigenvalue weighted by Crippen LogP contribution is 2.49. The number of nitrogens with one attached hydrogen (secondary N) is 2. The molecule has 1 unspecified atom stereocenters. The van der Waals surface area contributed by atoms with Gasteiger partial charge in [-0.1, -0.05) is 115 Å². The monoisotopic (exact) mass is 878 g/mol. The average molecular weight is 879 g/mol. The van der Waals surface area contributed by atoms with Gasteiger partial charge in [0, 0.05) is 12.8 Å². The summed E-state index contributed by atoms with van der Waals surface area (Å²) in [5, 5.41) is 2.71. The third-order valence-electron chi connectivity index (χ3n) is 11.0. The van der Waals surface area contributed by atoms with Crippen molar-refractivity contribution in [3.63, 3.8) is 0 Å². The summed E-state index contributed by atoms with van der Waals surface area (Å²) >= 11 is 0. The van der Waals surface area contributed by atoms with Crippen molar-refractivity contribution >= 4 is 25.7 Å². The Morgan fingerprint density at radius 2 is 1.19 bits per heavy atom. The molecule has 1 aliphatic carbocycles. The van der Waals surface area contributed by atoms with Gasteiger partial charge in [-0.15, -0.1) is 0 Å². The van der Waals surface area contributed by atoms with E-state index in [1.807, 2.05) is 78.9 Å². The summed E-state index contributed by atoms with van der Waals surface area (Å²) < 4.78 is 49.6. The number of amides is 1. The summed E-state index contributed by atoms with van der Waals surface area (Å²) in [5.74, 6) is -2.56. The number of phosphoric acid groups is 1. The zero-order chi connectivity index (χ0) is 44.8. The molecule has 1 heterocycles. The Morgan fingerprint density at radius 3 is 1.71 bits per heavy atom. The molecule has 0 radical (unpaired) electrons. The fourth-order valence-corrected chi connectivity index (χ4v) is 8.65. The molecular weight excluding hydrogens is 824 g/mol. The van der Waals surface area contributed by atoms with E-state index in [1.165, 1.54) is 38.7 Å². The first-order valence-corrected chi connectivity index (χ1v) is 22.7. The fraction of sp³-hybridized carbons (Fsp3) is 0.327. The van der Waals surface area contributed by atoms with Gasteiger partial charge in [-0.3, -0.25) is 9.36 Å². The summed E-state index contributed by atoms with van der Waals surface area (Å²) in [6.45, 7) is 10.9. The van der Waals surface area contributed by atoms with Gasteiger partial charge in [-0.05, 0) is 72.9 Å². The van der Waals surface area contributed by atoms with Crippen molar-refractivity contribution in [2.24, 2.45) is 0 Å². The minimum atomic E-state index is -5.29. The van der Waals surface area contributed by atoms with Gasteiger partial charge >= 0.3 is 11.9 Å². The Labute approximate surface area is 368 Å². The van der Waals surface area contributed by atoms with E-state index in [1.54, 1.807) is 53.4 Å². The summed E-state index contributed by atoms with van der Waals surface area (Å²) in [4.78, 5) is 55.2. The van der Waals surface area contributed by atoms with Crippen molar-refractivity contribution in [3.05, 3.63) is 167 Å². The molecule has 13 nitrogen and oxygen atoms in total. The van der Waals surface area contributed by atoms with Gasteiger partial charge in [0.25, 0.3) is 7.82 Å². The Balaban J connectivity index is 0.000000871. The van der Waals surface area contributed by atoms with Crippen molar-refractivity contribution in [2.75, 3.05) is 32.8 Å². The first-order valence-electron chi connectivity index (χ1n) is 21.2. The number of phosphoric ester groups is 1. The molecule has 0 aromatic heterocycles. The molecule has 0 saturated carbocycles. The molecule has 0 bridgehead atoms. The summed E-state index contributed by atoms with van der Waals surface area (Å²) in [6, 6.07) is 39.3. The van der Waals surface area contributed by atoms with E-state index in [2.05, 4.69) is 26.1 Å². The van der Waals surface area contributed by atoms with Gasteiger partial charge in [0.2, 0.25) is 5.91 Å². The van der Waals surface area contributed by atoms with Crippen molar-refractivity contribution in [3.8, 4) is 11.1 Å². The molecule has 7 rings (SSSR count). The van der Waals surface area contributed by atoms with Crippen LogP contribution in [-0.2, 0) is 44.0 Å². The van der Waals surface area contributed by atoms with Crippen LogP contribution in [-0.4, -0.2) is 81.3 Å². The third-order valence-corrected chi connectivity index (χ3v) is 12.0. The Hall–Kier alpha value is -5.50. The lowest BCUT2D eigenvalue weighted by atomic mass is 9.96. The topological polar surface area (TPSA) is 163 Å². The number of esters is 2. The summed E-state index contributed by atoms with van der Waals surface area (Å²) in [7, 11) is -5.29. The highest BCUT2D eigenvalue weighted by Gasteiger charge is 2.52. The number of carbonyl (C=O) groups excluding carboxylic acids is 3. The van der Waals surface area contributed by atoms with Gasteiger partial charge in [0.1, 0.15) is 24.9 Å². The molecule has 5 aromatic carbocycles. The smallest absolute Gasteiger partial charge is 0.338 e. The highest BCUT2D eigenvalue weighted by atomic mass is 31.2. The molecule has 332 valence electrons. The first-order chi connectivity index (χ1) is 30.5. The van der Waals surface area contributed by atoms with Crippen molar-refractivity contribution in [1.29, 1.82) is 0 Å². The molecular formula is C49H55N2O11P. The van der Waals surface area contributed by atoms with Gasteiger partial charge < -0.3 is 43.1 Å². The second-order valence-electron chi connectivity index (χ2n) is 15.1. The van der Waals surface area contributed by atoms with Gasteiger partial charge in [-0.2, -0.15) is 0 Å². The van der Waals surface area contributed by atoms with E-state index < -0.39 is 68.8 Å². The maximum atomic E-state index is 14.0. The number of rotatable bonds is 17. The van der Waals surface area contributed by atoms with Crippen LogP contribution < -0.4 is 15.1 Å². The zero-order valence-corrected chi connectivity index (χ0v) is 36.8. The summed E-state index contributed by atoms with van der Waals surface area (Å²) in [5.41, 5.74) is 4.84. The molecule has 1 amide bonds. The van der Waals surface area contributed by atoms with Crippen molar-refractivity contribution < 1.29 is 56.7 Å². The van der Waals surface area contributed by atoms with E-state index in [4.69, 9.17) is 28.0 Å². The number of hydrogen-bond donors (Lipinski definition) is 2. The largest absolute Gasteiger partial charge is 0.756 e. The predicted molar refractivity (Wildman–Crippen MR) is 235 cm³/mol. The van der Waals surface area contributed by atoms with Crippen LogP contribution in [0.2, 0.25) is 0 Å². The maximum absolute atomic E-state index is 14.0. The number of benzene rings is 5. The number of carbonyl (C=O) groups is 3. The van der Waals surface area contributed by atoms with E-state index in [0.717, 1.165) is 27.8 Å². The standard InChI is InChI=1S/C43H40NO11P.C6H15N/c1-28(45)44-38-40(54-42(47)31-19-9-4-10-20-31)39(55-56(48,49)52-26-36-34-23-13-11-21-32(34)33-22-12-14-24-35(33)36)37(27-50-41(46)30-17-7-3-8-18-30)53-43(38)51-25-29-15-5-2-6-16-29;1-4-7(5-2)6-3/h2-24,36-40,43H,25-27H2,1H3,(H,44,45)(H,48,49);4-6H2,1-3H3/t37-,38-,39-,40-,43+;/m1./s1. The van der Waals surface area contributed by atoms with Crippen LogP contribution in [0.3, 0.4) is 0 Å². The van der Waals surface area contributed by atoms with E-state index in [0.29, 0.717) is 0 Å². The Kier molecular flexibility index (Phi) is 17.0. The molecule has 2 N–H and O–H groups in total. The van der Waals surface area contributed by atoms with Gasteiger partial charge in [0.05, 0.1) is 44.0 Å². The Bertz CT molecular complexity index is 2240. The van der Waals surface area contributed by atoms with Gasteiger partial charge in [-0.25, -0.2) is 9.59 Å². The van der Waals surface area contributed by atoms with E-state index >= 15 is 0 Å². The minimum Gasteiger partial charge on any atom is -0.756 e. The molecule has 0 spiro atoms. The third kappa shape index (κ3) is 12.6. The molecule has 14 heteroatoms. The predicted octanol–water partition coefficient (Wildman–Crippen LogP) is 6.13. The van der Waals surface area contributed by atoms with Gasteiger partial charge in [0.15, 0.2) is 12.4 Å². The van der Waals surface area contributed by atoms with Crippen molar-refractivity contribution in [2.45, 2.75) is 70.9 Å². The number of fused-ring (bicyclic) bond motifs is 3. The number of quaternary nitrogens is 1. The summed E-state index contributed by atoms with van der Waals surface area (Å²) in [6.07, 6.45) is -6.03. The first kappa shape index (κ1) is 47.0. The molecule has 1 aliphatic heterocycles. The molecule has 2 aliphatic rings. The normalized spacial score (nSPS) is 20.0. The minimum absolute atomic E-state index is 0.00349.